The number of hydrogen-bond acceptors (Lipinski definition) is 3. The summed E-state index contributed by atoms with van der Waals surface area (Å²) in [5, 5.41) is 11.4. The van der Waals surface area contributed by atoms with Crippen LogP contribution in [0.2, 0.25) is 5.15 Å². The summed E-state index contributed by atoms with van der Waals surface area (Å²) in [6, 6.07) is 3.89. The Bertz CT molecular complexity index is 289. The van der Waals surface area contributed by atoms with Crippen LogP contribution in [-0.2, 0) is 0 Å². The maximum absolute atomic E-state index is 5.64. The summed E-state index contributed by atoms with van der Waals surface area (Å²) < 4.78 is 0. The van der Waals surface area contributed by atoms with Crippen molar-refractivity contribution in [1.29, 1.82) is 0 Å². The molecule has 0 aliphatic heterocycles. The second-order valence-corrected chi connectivity index (χ2v) is 4.86. The van der Waals surface area contributed by atoms with Gasteiger partial charge in [-0.15, -0.1) is 10.2 Å². The molecule has 0 aliphatic rings. The third kappa shape index (κ3) is 3.14. The predicted octanol–water partition coefficient (Wildman–Crippen LogP) is 2.98. The molecular formula is C10H16ClN3. The Hall–Kier alpha value is -0.830. The number of rotatable bonds is 2. The first-order valence-electron chi connectivity index (χ1n) is 4.65. The van der Waals surface area contributed by atoms with Gasteiger partial charge in [0, 0.05) is 6.04 Å². The van der Waals surface area contributed by atoms with Gasteiger partial charge >= 0.3 is 0 Å². The first-order chi connectivity index (χ1) is 6.39. The van der Waals surface area contributed by atoms with Gasteiger partial charge in [-0.05, 0) is 24.5 Å². The summed E-state index contributed by atoms with van der Waals surface area (Å²) >= 11 is 5.64. The van der Waals surface area contributed by atoms with Crippen LogP contribution in [-0.4, -0.2) is 16.2 Å². The van der Waals surface area contributed by atoms with Crippen LogP contribution in [0.25, 0.3) is 0 Å². The zero-order valence-electron chi connectivity index (χ0n) is 9.00. The van der Waals surface area contributed by atoms with Crippen LogP contribution in [0.1, 0.15) is 27.7 Å². The van der Waals surface area contributed by atoms with E-state index in [1.54, 1.807) is 6.07 Å². The van der Waals surface area contributed by atoms with E-state index in [-0.39, 0.29) is 5.41 Å². The highest BCUT2D eigenvalue weighted by Gasteiger charge is 2.19. The maximum Gasteiger partial charge on any atom is 0.151 e. The van der Waals surface area contributed by atoms with E-state index in [0.717, 1.165) is 5.82 Å². The highest BCUT2D eigenvalue weighted by molar-refractivity contribution is 6.29. The fourth-order valence-electron chi connectivity index (χ4n) is 0.831. The topological polar surface area (TPSA) is 37.8 Å². The third-order valence-electron chi connectivity index (χ3n) is 2.30. The van der Waals surface area contributed by atoms with Crippen LogP contribution < -0.4 is 5.32 Å². The fourth-order valence-corrected chi connectivity index (χ4v) is 0.932. The molecule has 1 heterocycles. The lowest BCUT2D eigenvalue weighted by Gasteiger charge is -2.28. The first kappa shape index (κ1) is 11.2. The van der Waals surface area contributed by atoms with Crippen LogP contribution in [0.5, 0.6) is 0 Å². The minimum absolute atomic E-state index is 0.196. The van der Waals surface area contributed by atoms with Crippen LogP contribution in [0.15, 0.2) is 12.1 Å². The van der Waals surface area contributed by atoms with E-state index in [4.69, 9.17) is 11.6 Å². The molecule has 0 bridgehead atoms. The van der Waals surface area contributed by atoms with Crippen LogP contribution in [0.3, 0.4) is 0 Å². The molecule has 0 aliphatic carbocycles. The number of nitrogens with zero attached hydrogens (tertiary/aromatic N) is 2. The Morgan fingerprint density at radius 1 is 1.29 bits per heavy atom. The summed E-state index contributed by atoms with van der Waals surface area (Å²) in [5.41, 5.74) is 0.196. The molecule has 0 radical (unpaired) electrons. The van der Waals surface area contributed by atoms with Crippen molar-refractivity contribution in [2.24, 2.45) is 5.41 Å². The van der Waals surface area contributed by atoms with Crippen molar-refractivity contribution in [2.75, 3.05) is 5.32 Å². The summed E-state index contributed by atoms with van der Waals surface area (Å²) in [6.45, 7) is 8.65. The van der Waals surface area contributed by atoms with Crippen molar-refractivity contribution in [3.8, 4) is 0 Å². The van der Waals surface area contributed by atoms with E-state index in [0.29, 0.717) is 11.2 Å². The van der Waals surface area contributed by atoms with Crippen molar-refractivity contribution >= 4 is 17.4 Å². The molecule has 1 rings (SSSR count). The zero-order chi connectivity index (χ0) is 10.8. The molecule has 3 nitrogen and oxygen atoms in total. The highest BCUT2D eigenvalue weighted by atomic mass is 35.5. The molecule has 1 unspecified atom stereocenters. The molecule has 4 heteroatoms. The number of halogens is 1. The van der Waals surface area contributed by atoms with Crippen LogP contribution >= 0.6 is 11.6 Å². The Morgan fingerprint density at radius 2 is 1.93 bits per heavy atom. The molecule has 0 fully saturated rings. The van der Waals surface area contributed by atoms with Crippen molar-refractivity contribution in [2.45, 2.75) is 33.7 Å². The van der Waals surface area contributed by atoms with Crippen molar-refractivity contribution < 1.29 is 0 Å². The van der Waals surface area contributed by atoms with Gasteiger partial charge in [0.25, 0.3) is 0 Å². The van der Waals surface area contributed by atoms with E-state index >= 15 is 0 Å². The standard InChI is InChI=1S/C10H16ClN3/c1-7(10(2,3)4)12-9-6-5-8(11)13-14-9/h5-7H,1-4H3,(H,12,14). The van der Waals surface area contributed by atoms with E-state index in [2.05, 4.69) is 43.2 Å². The Balaban J connectivity index is 2.65. The van der Waals surface area contributed by atoms with Gasteiger partial charge in [-0.1, -0.05) is 32.4 Å². The second-order valence-electron chi connectivity index (χ2n) is 4.47. The molecular weight excluding hydrogens is 198 g/mol. The molecule has 1 N–H and O–H groups in total. The second kappa shape index (κ2) is 4.13. The lowest BCUT2D eigenvalue weighted by atomic mass is 9.88. The van der Waals surface area contributed by atoms with Crippen molar-refractivity contribution in [3.63, 3.8) is 0 Å². The normalized spacial score (nSPS) is 13.8. The number of aromatic nitrogens is 2. The van der Waals surface area contributed by atoms with Crippen molar-refractivity contribution in [1.82, 2.24) is 10.2 Å². The number of nitrogens with one attached hydrogen (secondary N) is 1. The molecule has 0 spiro atoms. The molecule has 1 atom stereocenters. The Kier molecular flexibility index (Phi) is 3.32. The summed E-state index contributed by atoms with van der Waals surface area (Å²) in [6.07, 6.45) is 0. The average molecular weight is 214 g/mol. The predicted molar refractivity (Wildman–Crippen MR) is 59.6 cm³/mol. The fraction of sp³-hybridized carbons (Fsp3) is 0.600. The van der Waals surface area contributed by atoms with E-state index in [1.807, 2.05) is 6.07 Å². The molecule has 14 heavy (non-hydrogen) atoms. The van der Waals surface area contributed by atoms with Gasteiger partial charge in [0.2, 0.25) is 0 Å². The largest absolute Gasteiger partial charge is 0.366 e. The monoisotopic (exact) mass is 213 g/mol. The average Bonchev–Trinajstić information content (AvgIpc) is 2.07. The van der Waals surface area contributed by atoms with Gasteiger partial charge in [0.05, 0.1) is 0 Å². The van der Waals surface area contributed by atoms with Gasteiger partial charge in [-0.25, -0.2) is 0 Å². The van der Waals surface area contributed by atoms with E-state index < -0.39 is 0 Å². The molecule has 0 amide bonds. The van der Waals surface area contributed by atoms with Crippen LogP contribution in [0, 0.1) is 5.41 Å². The summed E-state index contributed by atoms with van der Waals surface area (Å²) in [7, 11) is 0. The third-order valence-corrected chi connectivity index (χ3v) is 2.50. The number of hydrogen-bond donors (Lipinski definition) is 1. The number of anilines is 1. The lowest BCUT2D eigenvalue weighted by molar-refractivity contribution is 0.358. The summed E-state index contributed by atoms with van der Waals surface area (Å²) in [4.78, 5) is 0. The molecule has 0 saturated carbocycles. The molecule has 0 aromatic carbocycles. The molecule has 1 aromatic heterocycles. The van der Waals surface area contributed by atoms with Gasteiger partial charge in [0.15, 0.2) is 5.15 Å². The molecule has 1 aromatic rings. The van der Waals surface area contributed by atoms with Gasteiger partial charge in [-0.2, -0.15) is 0 Å². The summed E-state index contributed by atoms with van der Waals surface area (Å²) in [5.74, 6) is 0.761. The molecule has 78 valence electrons. The first-order valence-corrected chi connectivity index (χ1v) is 5.03. The Labute approximate surface area is 89.9 Å². The minimum atomic E-state index is 0.196. The van der Waals surface area contributed by atoms with Crippen molar-refractivity contribution in [3.05, 3.63) is 17.3 Å². The minimum Gasteiger partial charge on any atom is -0.366 e. The van der Waals surface area contributed by atoms with Gasteiger partial charge in [0.1, 0.15) is 5.82 Å². The quantitative estimate of drug-likeness (QED) is 0.821. The van der Waals surface area contributed by atoms with Gasteiger partial charge < -0.3 is 5.32 Å². The molecule has 0 saturated heterocycles. The zero-order valence-corrected chi connectivity index (χ0v) is 9.76. The SMILES string of the molecule is CC(Nc1ccc(Cl)nn1)C(C)(C)C. The van der Waals surface area contributed by atoms with Gasteiger partial charge in [-0.3, -0.25) is 0 Å². The van der Waals surface area contributed by atoms with E-state index in [1.165, 1.54) is 0 Å². The smallest absolute Gasteiger partial charge is 0.151 e. The highest BCUT2D eigenvalue weighted by Crippen LogP contribution is 2.21. The maximum atomic E-state index is 5.64. The van der Waals surface area contributed by atoms with Crippen LogP contribution in [0.4, 0.5) is 5.82 Å². The Morgan fingerprint density at radius 3 is 2.36 bits per heavy atom. The van der Waals surface area contributed by atoms with E-state index in [9.17, 15) is 0 Å². The lowest BCUT2D eigenvalue weighted by Crippen LogP contribution is -2.31.